The van der Waals surface area contributed by atoms with E-state index in [1.807, 2.05) is 6.08 Å². The van der Waals surface area contributed by atoms with E-state index in [0.29, 0.717) is 52.0 Å². The minimum absolute atomic E-state index is 0.0257. The summed E-state index contributed by atoms with van der Waals surface area (Å²) >= 11 is 6.26. The number of carbonyl (C=O) groups is 2. The molecular formula is C24H22ClN7O3. The van der Waals surface area contributed by atoms with Gasteiger partial charge in [-0.2, -0.15) is 10.2 Å². The van der Waals surface area contributed by atoms with Gasteiger partial charge in [-0.15, -0.1) is 0 Å². The molecule has 1 aliphatic rings. The summed E-state index contributed by atoms with van der Waals surface area (Å²) in [6.45, 7) is 1.26. The number of hydrogen-bond donors (Lipinski definition) is 1. The lowest BCUT2D eigenvalue weighted by molar-refractivity contribution is -0.131. The molecule has 0 spiro atoms. The van der Waals surface area contributed by atoms with Gasteiger partial charge in [0.2, 0.25) is 5.91 Å². The number of aromatic nitrogens is 5. The van der Waals surface area contributed by atoms with E-state index in [1.165, 1.54) is 15.4 Å². The van der Waals surface area contributed by atoms with Crippen LogP contribution in [0.3, 0.4) is 0 Å². The minimum Gasteiger partial charge on any atom is -0.496 e. The second-order valence-electron chi connectivity index (χ2n) is 7.93. The molecular weight excluding hydrogens is 470 g/mol. The first-order valence-corrected chi connectivity index (χ1v) is 11.3. The average Bonchev–Trinajstić information content (AvgIpc) is 3.48. The number of nitrogens with one attached hydrogen (secondary N) is 1. The third kappa shape index (κ3) is 4.60. The van der Waals surface area contributed by atoms with Crippen LogP contribution in [-0.4, -0.2) is 61.3 Å². The first-order chi connectivity index (χ1) is 17.0. The van der Waals surface area contributed by atoms with Crippen molar-refractivity contribution in [3.63, 3.8) is 0 Å². The Morgan fingerprint density at radius 3 is 2.94 bits per heavy atom. The van der Waals surface area contributed by atoms with Crippen molar-refractivity contribution in [2.45, 2.75) is 13.0 Å². The fourth-order valence-electron chi connectivity index (χ4n) is 3.94. The molecule has 4 aromatic rings. The van der Waals surface area contributed by atoms with Crippen LogP contribution >= 0.6 is 11.6 Å². The van der Waals surface area contributed by atoms with Crippen molar-refractivity contribution in [3.05, 3.63) is 71.8 Å². The highest BCUT2D eigenvalue weighted by atomic mass is 35.5. The smallest absolute Gasteiger partial charge is 0.261 e. The molecule has 0 aliphatic carbocycles. The lowest BCUT2D eigenvalue weighted by Gasteiger charge is -2.23. The number of methoxy groups -OCH3 is 1. The van der Waals surface area contributed by atoms with Crippen LogP contribution < -0.4 is 10.1 Å². The number of amides is 2. The van der Waals surface area contributed by atoms with Gasteiger partial charge in [0, 0.05) is 42.3 Å². The van der Waals surface area contributed by atoms with E-state index in [2.05, 4.69) is 26.6 Å². The molecule has 178 valence electrons. The standard InChI is InChI=1S/C24H22ClN7O3/c1-35-20-7-6-16(25)12-17(20)22-19(14-31(29-22)15-21(33)30-9-3-2-4-10-30)28-24(34)18-13-27-32-11-5-8-26-23(18)32/h2-3,5-8,11-14H,4,9-10,15H2,1H3,(H,28,34). The van der Waals surface area contributed by atoms with Gasteiger partial charge in [0.25, 0.3) is 5.91 Å². The Morgan fingerprint density at radius 2 is 2.14 bits per heavy atom. The number of hydrogen-bond acceptors (Lipinski definition) is 6. The quantitative estimate of drug-likeness (QED) is 0.415. The number of rotatable bonds is 6. The summed E-state index contributed by atoms with van der Waals surface area (Å²) in [5.74, 6) is 0.0550. The fourth-order valence-corrected chi connectivity index (χ4v) is 4.11. The molecule has 5 rings (SSSR count). The normalized spacial score (nSPS) is 13.3. The van der Waals surface area contributed by atoms with E-state index >= 15 is 0 Å². The van der Waals surface area contributed by atoms with Gasteiger partial charge in [-0.05, 0) is 30.7 Å². The molecule has 10 nitrogen and oxygen atoms in total. The Hall–Kier alpha value is -4.18. The molecule has 0 fully saturated rings. The first-order valence-electron chi connectivity index (χ1n) is 11.0. The number of ether oxygens (including phenoxy) is 1. The molecule has 1 aromatic carbocycles. The molecule has 0 unspecified atom stereocenters. The molecule has 0 saturated carbocycles. The highest BCUT2D eigenvalue weighted by molar-refractivity contribution is 6.31. The highest BCUT2D eigenvalue weighted by Gasteiger charge is 2.22. The third-order valence-corrected chi connectivity index (χ3v) is 5.89. The van der Waals surface area contributed by atoms with Crippen molar-refractivity contribution in [2.75, 3.05) is 25.5 Å². The van der Waals surface area contributed by atoms with E-state index in [9.17, 15) is 9.59 Å². The van der Waals surface area contributed by atoms with Gasteiger partial charge >= 0.3 is 0 Å². The van der Waals surface area contributed by atoms with Crippen molar-refractivity contribution in [3.8, 4) is 17.0 Å². The van der Waals surface area contributed by atoms with Crippen molar-refractivity contribution in [1.29, 1.82) is 0 Å². The number of nitrogens with zero attached hydrogens (tertiary/aromatic N) is 6. The summed E-state index contributed by atoms with van der Waals surface area (Å²) in [5, 5.41) is 12.2. The molecule has 0 radical (unpaired) electrons. The van der Waals surface area contributed by atoms with Crippen molar-refractivity contribution in [1.82, 2.24) is 29.3 Å². The zero-order valence-corrected chi connectivity index (χ0v) is 19.6. The van der Waals surface area contributed by atoms with Crippen LogP contribution in [-0.2, 0) is 11.3 Å². The Morgan fingerprint density at radius 1 is 1.26 bits per heavy atom. The van der Waals surface area contributed by atoms with Gasteiger partial charge in [0.1, 0.15) is 23.6 Å². The summed E-state index contributed by atoms with van der Waals surface area (Å²) in [6, 6.07) is 6.86. The fraction of sp³-hybridized carbons (Fsp3) is 0.208. The van der Waals surface area contributed by atoms with Crippen LogP contribution in [0.2, 0.25) is 5.02 Å². The summed E-state index contributed by atoms with van der Waals surface area (Å²) in [7, 11) is 1.54. The second-order valence-corrected chi connectivity index (χ2v) is 8.37. The Kier molecular flexibility index (Phi) is 6.19. The van der Waals surface area contributed by atoms with E-state index in [0.717, 1.165) is 6.42 Å². The summed E-state index contributed by atoms with van der Waals surface area (Å²) in [5.41, 5.74) is 2.14. The van der Waals surface area contributed by atoms with E-state index in [1.54, 1.807) is 54.9 Å². The molecule has 35 heavy (non-hydrogen) atoms. The summed E-state index contributed by atoms with van der Waals surface area (Å²) < 4.78 is 8.54. The molecule has 3 aromatic heterocycles. The van der Waals surface area contributed by atoms with Crippen LogP contribution in [0, 0.1) is 0 Å². The largest absolute Gasteiger partial charge is 0.496 e. The number of fused-ring (bicyclic) bond motifs is 1. The SMILES string of the molecule is COc1ccc(Cl)cc1-c1nn(CC(=O)N2CC=CCC2)cc1NC(=O)c1cnn2cccnc12. The number of benzene rings is 1. The third-order valence-electron chi connectivity index (χ3n) is 5.66. The van der Waals surface area contributed by atoms with Crippen LogP contribution in [0.4, 0.5) is 5.69 Å². The molecule has 2 amide bonds. The second kappa shape index (κ2) is 9.59. The minimum atomic E-state index is -0.409. The number of halogens is 1. The van der Waals surface area contributed by atoms with E-state index in [-0.39, 0.29) is 12.5 Å². The highest BCUT2D eigenvalue weighted by Crippen LogP contribution is 2.36. The molecule has 1 aliphatic heterocycles. The van der Waals surface area contributed by atoms with Crippen LogP contribution in [0.5, 0.6) is 5.75 Å². The van der Waals surface area contributed by atoms with Gasteiger partial charge in [-0.3, -0.25) is 14.3 Å². The van der Waals surface area contributed by atoms with Crippen molar-refractivity contribution < 1.29 is 14.3 Å². The van der Waals surface area contributed by atoms with Gasteiger partial charge < -0.3 is 15.0 Å². The summed E-state index contributed by atoms with van der Waals surface area (Å²) in [6.07, 6.45) is 11.2. The number of anilines is 1. The van der Waals surface area contributed by atoms with Crippen molar-refractivity contribution in [2.24, 2.45) is 0 Å². The maximum atomic E-state index is 13.2. The van der Waals surface area contributed by atoms with Gasteiger partial charge in [-0.25, -0.2) is 9.50 Å². The zero-order valence-electron chi connectivity index (χ0n) is 18.9. The average molecular weight is 492 g/mol. The Bertz CT molecular complexity index is 1440. The predicted octanol–water partition coefficient (Wildman–Crippen LogP) is 3.30. The topological polar surface area (TPSA) is 107 Å². The zero-order chi connectivity index (χ0) is 24.4. The van der Waals surface area contributed by atoms with Gasteiger partial charge in [-0.1, -0.05) is 23.8 Å². The maximum Gasteiger partial charge on any atom is 0.261 e. The maximum absolute atomic E-state index is 13.2. The van der Waals surface area contributed by atoms with Gasteiger partial charge in [0.15, 0.2) is 5.65 Å². The van der Waals surface area contributed by atoms with E-state index < -0.39 is 5.91 Å². The van der Waals surface area contributed by atoms with Crippen LogP contribution in [0.25, 0.3) is 16.9 Å². The van der Waals surface area contributed by atoms with Crippen LogP contribution in [0.1, 0.15) is 16.8 Å². The molecule has 0 saturated heterocycles. The van der Waals surface area contributed by atoms with Crippen molar-refractivity contribution >= 4 is 34.7 Å². The molecule has 0 atom stereocenters. The molecule has 11 heteroatoms. The van der Waals surface area contributed by atoms with Gasteiger partial charge in [0.05, 0.1) is 19.0 Å². The molecule has 4 heterocycles. The van der Waals surface area contributed by atoms with Crippen LogP contribution in [0.15, 0.2) is 61.2 Å². The number of carbonyl (C=O) groups excluding carboxylic acids is 2. The lowest BCUT2D eigenvalue weighted by atomic mass is 10.1. The monoisotopic (exact) mass is 491 g/mol. The van der Waals surface area contributed by atoms with E-state index in [4.69, 9.17) is 16.3 Å². The molecule has 1 N–H and O–H groups in total. The molecule has 0 bridgehead atoms. The lowest BCUT2D eigenvalue weighted by Crippen LogP contribution is -2.36. The first kappa shape index (κ1) is 22.6. The predicted molar refractivity (Wildman–Crippen MR) is 131 cm³/mol. The Balaban J connectivity index is 1.51. The Labute approximate surface area is 205 Å². The summed E-state index contributed by atoms with van der Waals surface area (Å²) in [4.78, 5) is 32.0.